The molecule has 28 heavy (non-hydrogen) atoms. The maximum absolute atomic E-state index is 11.7. The summed E-state index contributed by atoms with van der Waals surface area (Å²) in [5.41, 5.74) is 1.35. The van der Waals surface area contributed by atoms with E-state index in [1.165, 1.54) is 23.5 Å². The molecule has 4 aromatic rings. The minimum Gasteiger partial charge on any atom is -0.489 e. The van der Waals surface area contributed by atoms with E-state index in [0.29, 0.717) is 16.6 Å². The summed E-state index contributed by atoms with van der Waals surface area (Å²) in [6.45, 7) is 3.80. The van der Waals surface area contributed by atoms with Crippen LogP contribution in [0.4, 0.5) is 10.8 Å². The quantitative estimate of drug-likeness (QED) is 0.511. The molecule has 7 nitrogen and oxygen atoms in total. The molecular formula is C19H18N4O3S2. The van der Waals surface area contributed by atoms with Crippen molar-refractivity contribution < 1.29 is 13.2 Å². The van der Waals surface area contributed by atoms with Crippen LogP contribution in [0, 0.1) is 0 Å². The number of anilines is 2. The van der Waals surface area contributed by atoms with Gasteiger partial charge in [0.1, 0.15) is 5.75 Å². The number of primary sulfonamides is 1. The Morgan fingerprint density at radius 3 is 2.75 bits per heavy atom. The number of fused-ring (bicyclic) bond motifs is 3. The fourth-order valence-corrected chi connectivity index (χ4v) is 4.30. The van der Waals surface area contributed by atoms with E-state index < -0.39 is 10.0 Å². The molecule has 0 aliphatic carbocycles. The summed E-state index contributed by atoms with van der Waals surface area (Å²) in [6.07, 6.45) is 3.46. The predicted octanol–water partition coefficient (Wildman–Crippen LogP) is 4.02. The minimum atomic E-state index is -3.84. The number of benzene rings is 2. The highest BCUT2D eigenvalue weighted by Gasteiger charge is 2.15. The molecular weight excluding hydrogens is 396 g/mol. The first-order valence-corrected chi connectivity index (χ1v) is 10.9. The van der Waals surface area contributed by atoms with Crippen LogP contribution in [-0.4, -0.2) is 24.5 Å². The molecule has 0 radical (unpaired) electrons. The number of ether oxygens (including phenoxy) is 1. The van der Waals surface area contributed by atoms with Gasteiger partial charge < -0.3 is 10.1 Å². The molecule has 2 heterocycles. The molecule has 0 atom stereocenters. The van der Waals surface area contributed by atoms with Crippen LogP contribution < -0.4 is 15.2 Å². The van der Waals surface area contributed by atoms with Gasteiger partial charge in [0.25, 0.3) is 0 Å². The molecule has 0 amide bonds. The Hall–Kier alpha value is -2.75. The summed E-state index contributed by atoms with van der Waals surface area (Å²) >= 11 is 1.47. The van der Waals surface area contributed by atoms with Gasteiger partial charge in [-0.2, -0.15) is 0 Å². The van der Waals surface area contributed by atoms with Gasteiger partial charge in [-0.05, 0) is 44.2 Å². The lowest BCUT2D eigenvalue weighted by atomic mass is 10.1. The van der Waals surface area contributed by atoms with Crippen LogP contribution in [0.5, 0.6) is 5.75 Å². The zero-order valence-corrected chi connectivity index (χ0v) is 16.8. The van der Waals surface area contributed by atoms with Crippen LogP contribution in [0.3, 0.4) is 0 Å². The molecule has 0 aliphatic rings. The highest BCUT2D eigenvalue weighted by molar-refractivity contribution is 7.89. The molecule has 2 aromatic carbocycles. The van der Waals surface area contributed by atoms with Gasteiger partial charge in [0.15, 0.2) is 5.13 Å². The number of pyridine rings is 1. The van der Waals surface area contributed by atoms with Crippen molar-refractivity contribution in [3.63, 3.8) is 0 Å². The van der Waals surface area contributed by atoms with Crippen LogP contribution in [0.15, 0.2) is 53.7 Å². The van der Waals surface area contributed by atoms with Crippen molar-refractivity contribution in [1.82, 2.24) is 9.97 Å². The molecule has 0 unspecified atom stereocenters. The molecule has 0 aliphatic heterocycles. The summed E-state index contributed by atoms with van der Waals surface area (Å²) in [5, 5.41) is 11.1. The van der Waals surface area contributed by atoms with Crippen molar-refractivity contribution in [3.8, 4) is 5.75 Å². The van der Waals surface area contributed by atoms with Gasteiger partial charge in [-0.15, -0.1) is 0 Å². The number of aromatic nitrogens is 2. The Morgan fingerprint density at radius 1 is 1.18 bits per heavy atom. The smallest absolute Gasteiger partial charge is 0.238 e. The van der Waals surface area contributed by atoms with E-state index in [1.54, 1.807) is 18.5 Å². The fraction of sp³-hybridized carbons (Fsp3) is 0.158. The maximum Gasteiger partial charge on any atom is 0.238 e. The second kappa shape index (κ2) is 7.01. The summed E-state index contributed by atoms with van der Waals surface area (Å²) in [7, 11) is -3.84. The number of rotatable bonds is 5. The molecule has 9 heteroatoms. The van der Waals surface area contributed by atoms with E-state index in [-0.39, 0.29) is 11.0 Å². The van der Waals surface area contributed by atoms with Crippen LogP contribution in [0.1, 0.15) is 13.8 Å². The number of nitrogens with two attached hydrogens (primary N) is 1. The Labute approximate surface area is 166 Å². The minimum absolute atomic E-state index is 0.00346. The maximum atomic E-state index is 11.7. The van der Waals surface area contributed by atoms with Crippen molar-refractivity contribution in [2.75, 3.05) is 5.32 Å². The first-order chi connectivity index (χ1) is 13.3. The summed E-state index contributed by atoms with van der Waals surface area (Å²) < 4.78 is 30.3. The van der Waals surface area contributed by atoms with Gasteiger partial charge in [0, 0.05) is 23.2 Å². The number of nitrogens with one attached hydrogen (secondary N) is 1. The van der Waals surface area contributed by atoms with Crippen molar-refractivity contribution in [1.29, 1.82) is 0 Å². The van der Waals surface area contributed by atoms with E-state index >= 15 is 0 Å². The number of hydrogen-bond acceptors (Lipinski definition) is 7. The second-order valence-corrected chi connectivity index (χ2v) is 9.11. The third-order valence-electron chi connectivity index (χ3n) is 4.06. The van der Waals surface area contributed by atoms with Gasteiger partial charge in [-0.1, -0.05) is 17.4 Å². The van der Waals surface area contributed by atoms with E-state index in [2.05, 4.69) is 10.3 Å². The lowest BCUT2D eigenvalue weighted by molar-refractivity contribution is 0.243. The number of thiazole rings is 1. The lowest BCUT2D eigenvalue weighted by Crippen LogP contribution is -2.13. The third kappa shape index (κ3) is 3.64. The molecule has 0 fully saturated rings. The first kappa shape index (κ1) is 18.6. The van der Waals surface area contributed by atoms with Gasteiger partial charge in [0.2, 0.25) is 10.0 Å². The van der Waals surface area contributed by atoms with Crippen LogP contribution in [0.25, 0.3) is 21.0 Å². The summed E-state index contributed by atoms with van der Waals surface area (Å²) in [6, 6.07) is 10.4. The lowest BCUT2D eigenvalue weighted by Gasteiger charge is -2.15. The largest absolute Gasteiger partial charge is 0.489 e. The van der Waals surface area contributed by atoms with Gasteiger partial charge in [-0.3, -0.25) is 4.98 Å². The summed E-state index contributed by atoms with van der Waals surface area (Å²) in [4.78, 5) is 8.84. The SMILES string of the molecule is CC(C)Oc1ccc(S(N)(=O)=O)cc1Nc1nc2c(ccc3cnccc32)s1. The molecule has 0 saturated heterocycles. The molecule has 4 rings (SSSR count). The second-order valence-electron chi connectivity index (χ2n) is 6.52. The fourth-order valence-electron chi connectivity index (χ4n) is 2.87. The average Bonchev–Trinajstić information content (AvgIpc) is 3.05. The molecule has 3 N–H and O–H groups in total. The standard InChI is InChI=1S/C19H18N4O3S2/c1-11(2)26-16-5-4-13(28(20,24)25)9-15(16)22-19-23-18-14-7-8-21-10-12(14)3-6-17(18)27-19/h3-11H,1-2H3,(H,22,23)(H2,20,24,25). The van der Waals surface area contributed by atoms with Crippen molar-refractivity contribution in [2.45, 2.75) is 24.8 Å². The van der Waals surface area contributed by atoms with Gasteiger partial charge in [-0.25, -0.2) is 18.5 Å². The van der Waals surface area contributed by atoms with E-state index in [1.807, 2.05) is 32.0 Å². The number of nitrogens with zero attached hydrogens (tertiary/aromatic N) is 2. The predicted molar refractivity (Wildman–Crippen MR) is 112 cm³/mol. The third-order valence-corrected chi connectivity index (χ3v) is 5.91. The Kier molecular flexibility index (Phi) is 4.66. The van der Waals surface area contributed by atoms with E-state index in [0.717, 1.165) is 21.0 Å². The van der Waals surface area contributed by atoms with Crippen molar-refractivity contribution >= 4 is 53.2 Å². The first-order valence-electron chi connectivity index (χ1n) is 8.55. The topological polar surface area (TPSA) is 107 Å². The zero-order chi connectivity index (χ0) is 19.9. The molecule has 2 aromatic heterocycles. The number of sulfonamides is 1. The molecule has 0 bridgehead atoms. The van der Waals surface area contributed by atoms with Gasteiger partial charge >= 0.3 is 0 Å². The monoisotopic (exact) mass is 414 g/mol. The number of hydrogen-bond donors (Lipinski definition) is 2. The van der Waals surface area contributed by atoms with Crippen molar-refractivity contribution in [2.24, 2.45) is 5.14 Å². The normalized spacial score (nSPS) is 12.0. The highest BCUT2D eigenvalue weighted by Crippen LogP contribution is 2.36. The zero-order valence-electron chi connectivity index (χ0n) is 15.2. The van der Waals surface area contributed by atoms with Gasteiger partial charge in [0.05, 0.1) is 26.9 Å². The summed E-state index contributed by atoms with van der Waals surface area (Å²) in [5.74, 6) is 0.524. The van der Waals surface area contributed by atoms with Crippen LogP contribution >= 0.6 is 11.3 Å². The Bertz CT molecular complexity index is 1280. The van der Waals surface area contributed by atoms with Crippen LogP contribution in [0.2, 0.25) is 0 Å². The molecule has 144 valence electrons. The van der Waals surface area contributed by atoms with Crippen molar-refractivity contribution in [3.05, 3.63) is 48.8 Å². The van der Waals surface area contributed by atoms with E-state index in [9.17, 15) is 8.42 Å². The molecule has 0 spiro atoms. The van der Waals surface area contributed by atoms with E-state index in [4.69, 9.17) is 14.9 Å². The highest BCUT2D eigenvalue weighted by atomic mass is 32.2. The van der Waals surface area contributed by atoms with Crippen LogP contribution in [-0.2, 0) is 10.0 Å². The molecule has 0 saturated carbocycles. The Morgan fingerprint density at radius 2 is 2.00 bits per heavy atom. The average molecular weight is 415 g/mol. The Balaban J connectivity index is 1.80.